The molecule has 4 heterocycles. The Morgan fingerprint density at radius 2 is 2.18 bits per heavy atom. The minimum Gasteiger partial charge on any atom is -0.391 e. The number of nitrogens with zero attached hydrogens (tertiary/aromatic N) is 2. The fourth-order valence-electron chi connectivity index (χ4n) is 2.83. The maximum absolute atomic E-state index is 10.4. The van der Waals surface area contributed by atoms with Gasteiger partial charge in [0.25, 0.3) is 0 Å². The lowest BCUT2D eigenvalue weighted by molar-refractivity contribution is -0.0451. The Balaban J connectivity index is 1.64. The second kappa shape index (κ2) is 4.97. The van der Waals surface area contributed by atoms with E-state index >= 15 is 0 Å². The third-order valence-electron chi connectivity index (χ3n) is 3.80. The van der Waals surface area contributed by atoms with E-state index in [0.29, 0.717) is 6.04 Å². The largest absolute Gasteiger partial charge is 0.391 e. The van der Waals surface area contributed by atoms with Gasteiger partial charge in [-0.05, 0) is 22.0 Å². The van der Waals surface area contributed by atoms with E-state index in [0.717, 1.165) is 30.5 Å². The molecule has 1 N–H and O–H groups in total. The Hall–Kier alpha value is 0.0600. The van der Waals surface area contributed by atoms with Gasteiger partial charge in [0.05, 0.1) is 6.10 Å². The molecule has 94 valence electrons. The van der Waals surface area contributed by atoms with Gasteiger partial charge in [0, 0.05) is 59.9 Å². The number of piperazine rings is 3. The van der Waals surface area contributed by atoms with Gasteiger partial charge >= 0.3 is 0 Å². The van der Waals surface area contributed by atoms with Crippen molar-refractivity contribution < 1.29 is 5.11 Å². The van der Waals surface area contributed by atoms with Crippen LogP contribution in [-0.2, 0) is 6.42 Å². The van der Waals surface area contributed by atoms with Gasteiger partial charge in [-0.1, -0.05) is 0 Å². The van der Waals surface area contributed by atoms with E-state index in [1.165, 1.54) is 18.0 Å². The molecule has 3 aliphatic rings. The van der Waals surface area contributed by atoms with Gasteiger partial charge in [-0.15, -0.1) is 11.3 Å². The van der Waals surface area contributed by atoms with Crippen LogP contribution in [0.15, 0.2) is 15.9 Å². The third kappa shape index (κ3) is 2.58. The van der Waals surface area contributed by atoms with Gasteiger partial charge in [0.15, 0.2) is 0 Å². The average Bonchev–Trinajstić information content (AvgIpc) is 2.76. The Morgan fingerprint density at radius 3 is 2.71 bits per heavy atom. The van der Waals surface area contributed by atoms with Gasteiger partial charge < -0.3 is 5.11 Å². The summed E-state index contributed by atoms with van der Waals surface area (Å²) in [6.45, 7) is 5.63. The molecule has 2 bridgehead atoms. The van der Waals surface area contributed by atoms with Crippen molar-refractivity contribution in [1.29, 1.82) is 0 Å². The molecule has 3 saturated heterocycles. The van der Waals surface area contributed by atoms with E-state index in [2.05, 4.69) is 37.2 Å². The molecule has 4 rings (SSSR count). The smallest absolute Gasteiger partial charge is 0.0755 e. The number of aliphatic hydroxyl groups is 1. The highest BCUT2D eigenvalue weighted by Gasteiger charge is 2.35. The molecule has 0 radical (unpaired) electrons. The summed E-state index contributed by atoms with van der Waals surface area (Å²) in [6, 6.07) is 2.45. The van der Waals surface area contributed by atoms with Gasteiger partial charge in [0.1, 0.15) is 0 Å². The van der Waals surface area contributed by atoms with Crippen LogP contribution < -0.4 is 0 Å². The molecule has 17 heavy (non-hydrogen) atoms. The van der Waals surface area contributed by atoms with Crippen LogP contribution in [0.2, 0.25) is 0 Å². The number of aliphatic hydroxyl groups excluding tert-OH is 1. The SMILES string of the molecule is OC(Cc1cc(Br)cs1)C1CN2CCN1CC2. The lowest BCUT2D eigenvalue weighted by Crippen LogP contribution is -2.64. The van der Waals surface area contributed by atoms with Crippen LogP contribution >= 0.6 is 27.3 Å². The van der Waals surface area contributed by atoms with E-state index < -0.39 is 0 Å². The highest BCUT2D eigenvalue weighted by molar-refractivity contribution is 9.10. The molecule has 1 aromatic heterocycles. The van der Waals surface area contributed by atoms with E-state index in [9.17, 15) is 5.11 Å². The van der Waals surface area contributed by atoms with Crippen molar-refractivity contribution >= 4 is 27.3 Å². The van der Waals surface area contributed by atoms with Crippen molar-refractivity contribution in [3.63, 3.8) is 0 Å². The summed E-state index contributed by atoms with van der Waals surface area (Å²) in [6.07, 6.45) is 0.550. The van der Waals surface area contributed by atoms with Gasteiger partial charge in [-0.3, -0.25) is 9.80 Å². The first-order chi connectivity index (χ1) is 8.22. The number of halogens is 1. The van der Waals surface area contributed by atoms with Crippen LogP contribution in [0.25, 0.3) is 0 Å². The molecular weight excluding hydrogens is 300 g/mol. The second-order valence-corrected chi connectivity index (χ2v) is 6.82. The lowest BCUT2D eigenvalue weighted by atomic mass is 9.99. The van der Waals surface area contributed by atoms with Gasteiger partial charge in [-0.25, -0.2) is 0 Å². The summed E-state index contributed by atoms with van der Waals surface area (Å²) in [5, 5.41) is 12.5. The molecule has 3 aliphatic heterocycles. The Labute approximate surface area is 114 Å². The predicted octanol–water partition coefficient (Wildman–Crippen LogP) is 1.41. The maximum Gasteiger partial charge on any atom is 0.0755 e. The molecule has 0 aliphatic carbocycles. The second-order valence-electron chi connectivity index (χ2n) is 4.91. The molecule has 3 nitrogen and oxygen atoms in total. The summed E-state index contributed by atoms with van der Waals surface area (Å²) in [7, 11) is 0. The predicted molar refractivity (Wildman–Crippen MR) is 73.5 cm³/mol. The zero-order valence-corrected chi connectivity index (χ0v) is 12.1. The standard InChI is InChI=1S/C12H17BrN2OS/c13-9-5-10(17-8-9)6-12(16)11-7-14-1-3-15(11)4-2-14/h5,8,11-12,16H,1-4,6-7H2. The van der Waals surface area contributed by atoms with Crippen LogP contribution in [0.5, 0.6) is 0 Å². The first-order valence-corrected chi connectivity index (χ1v) is 7.77. The molecule has 0 spiro atoms. The highest BCUT2D eigenvalue weighted by Crippen LogP contribution is 2.24. The molecule has 0 amide bonds. The molecule has 2 unspecified atom stereocenters. The Morgan fingerprint density at radius 1 is 1.41 bits per heavy atom. The van der Waals surface area contributed by atoms with Crippen LogP contribution in [0.4, 0.5) is 0 Å². The van der Waals surface area contributed by atoms with Crippen LogP contribution in [-0.4, -0.2) is 59.8 Å². The zero-order chi connectivity index (χ0) is 11.8. The fourth-order valence-corrected chi connectivity index (χ4v) is 4.33. The quantitative estimate of drug-likeness (QED) is 0.913. The fraction of sp³-hybridized carbons (Fsp3) is 0.667. The summed E-state index contributed by atoms with van der Waals surface area (Å²) in [4.78, 5) is 6.19. The first kappa shape index (κ1) is 12.1. The topological polar surface area (TPSA) is 26.7 Å². The monoisotopic (exact) mass is 316 g/mol. The molecular formula is C12H17BrN2OS. The maximum atomic E-state index is 10.4. The first-order valence-electron chi connectivity index (χ1n) is 6.10. The minimum absolute atomic E-state index is 0.233. The number of hydrogen-bond donors (Lipinski definition) is 1. The van der Waals surface area contributed by atoms with Crippen LogP contribution in [0.1, 0.15) is 4.88 Å². The molecule has 2 atom stereocenters. The minimum atomic E-state index is -0.233. The van der Waals surface area contributed by atoms with Gasteiger partial charge in [-0.2, -0.15) is 0 Å². The van der Waals surface area contributed by atoms with Crippen molar-refractivity contribution in [1.82, 2.24) is 9.80 Å². The zero-order valence-electron chi connectivity index (χ0n) is 9.68. The van der Waals surface area contributed by atoms with Crippen molar-refractivity contribution in [3.8, 4) is 0 Å². The summed E-state index contributed by atoms with van der Waals surface area (Å²) in [5.41, 5.74) is 0. The van der Waals surface area contributed by atoms with Crippen molar-refractivity contribution in [2.45, 2.75) is 18.6 Å². The summed E-state index contributed by atoms with van der Waals surface area (Å²) >= 11 is 5.18. The van der Waals surface area contributed by atoms with Crippen molar-refractivity contribution in [2.75, 3.05) is 32.7 Å². The molecule has 1 aromatic rings. The Kier molecular flexibility index (Phi) is 3.54. The van der Waals surface area contributed by atoms with E-state index in [1.807, 2.05) is 0 Å². The number of rotatable bonds is 3. The summed E-state index contributed by atoms with van der Waals surface area (Å²) in [5.74, 6) is 0. The number of hydrogen-bond acceptors (Lipinski definition) is 4. The highest BCUT2D eigenvalue weighted by atomic mass is 79.9. The van der Waals surface area contributed by atoms with E-state index in [-0.39, 0.29) is 6.10 Å². The number of fused-ring (bicyclic) bond motifs is 3. The normalized spacial score (nSPS) is 33.9. The van der Waals surface area contributed by atoms with Crippen LogP contribution in [0, 0.1) is 0 Å². The average molecular weight is 317 g/mol. The molecule has 5 heteroatoms. The van der Waals surface area contributed by atoms with Gasteiger partial charge in [0.2, 0.25) is 0 Å². The Bertz CT molecular complexity index is 390. The van der Waals surface area contributed by atoms with Crippen molar-refractivity contribution in [2.24, 2.45) is 0 Å². The number of thiophene rings is 1. The third-order valence-corrected chi connectivity index (χ3v) is 5.52. The molecule has 3 fully saturated rings. The molecule has 0 aromatic carbocycles. The van der Waals surface area contributed by atoms with E-state index in [4.69, 9.17) is 0 Å². The van der Waals surface area contributed by atoms with E-state index in [1.54, 1.807) is 11.3 Å². The lowest BCUT2D eigenvalue weighted by Gasteiger charge is -2.49. The van der Waals surface area contributed by atoms with Crippen LogP contribution in [0.3, 0.4) is 0 Å². The summed E-state index contributed by atoms with van der Waals surface area (Å²) < 4.78 is 1.12. The van der Waals surface area contributed by atoms with Crippen molar-refractivity contribution in [3.05, 3.63) is 20.8 Å². The molecule has 0 saturated carbocycles.